The van der Waals surface area contributed by atoms with E-state index in [-0.39, 0.29) is 31.1 Å². The summed E-state index contributed by atoms with van der Waals surface area (Å²) >= 11 is 0. The van der Waals surface area contributed by atoms with Crippen LogP contribution in [0.4, 0.5) is 0 Å². The van der Waals surface area contributed by atoms with E-state index < -0.39 is 6.10 Å². The number of carbonyl (C=O) groups excluding carboxylic acids is 3. The highest BCUT2D eigenvalue weighted by molar-refractivity contribution is 5.71. The smallest absolute Gasteiger partial charge is 0.306 e. The number of hydrogen-bond acceptors (Lipinski definition) is 6. The molecule has 0 heterocycles. The minimum atomic E-state index is -0.785. The monoisotopic (exact) mass is 985 g/mol. The summed E-state index contributed by atoms with van der Waals surface area (Å²) in [7, 11) is 0. The van der Waals surface area contributed by atoms with E-state index in [0.29, 0.717) is 19.3 Å². The highest BCUT2D eigenvalue weighted by Gasteiger charge is 2.19. The Morgan fingerprint density at radius 2 is 0.549 bits per heavy atom. The highest BCUT2D eigenvalue weighted by Crippen LogP contribution is 2.14. The normalized spacial score (nSPS) is 12.9. The van der Waals surface area contributed by atoms with Gasteiger partial charge in [0.25, 0.3) is 0 Å². The van der Waals surface area contributed by atoms with Gasteiger partial charge in [0.15, 0.2) is 6.10 Å². The Balaban J connectivity index is 4.13. The van der Waals surface area contributed by atoms with Crippen LogP contribution in [0.15, 0.2) is 109 Å². The van der Waals surface area contributed by atoms with Gasteiger partial charge in [-0.3, -0.25) is 14.4 Å². The first-order valence-electron chi connectivity index (χ1n) is 29.4. The molecule has 0 spiro atoms. The lowest BCUT2D eigenvalue weighted by Crippen LogP contribution is -2.30. The Kier molecular flexibility index (Phi) is 55.4. The fourth-order valence-corrected chi connectivity index (χ4v) is 7.86. The molecule has 0 rings (SSSR count). The molecule has 0 fully saturated rings. The summed E-state index contributed by atoms with van der Waals surface area (Å²) in [5.41, 5.74) is 0. The Morgan fingerprint density at radius 3 is 0.873 bits per heavy atom. The molecule has 0 radical (unpaired) electrons. The van der Waals surface area contributed by atoms with E-state index >= 15 is 0 Å². The number of hydrogen-bond donors (Lipinski definition) is 0. The number of unbranched alkanes of at least 4 members (excludes halogenated alkanes) is 23. The predicted molar refractivity (Wildman–Crippen MR) is 307 cm³/mol. The first-order valence-corrected chi connectivity index (χ1v) is 29.4. The fraction of sp³-hybridized carbons (Fsp3) is 0.677. The fourth-order valence-electron chi connectivity index (χ4n) is 7.86. The summed E-state index contributed by atoms with van der Waals surface area (Å²) in [5.74, 6) is -0.915. The molecule has 0 aliphatic rings. The molecule has 0 aliphatic heterocycles. The van der Waals surface area contributed by atoms with Crippen molar-refractivity contribution in [1.29, 1.82) is 0 Å². The lowest BCUT2D eigenvalue weighted by atomic mass is 10.1. The molecule has 0 aliphatic carbocycles. The molecule has 0 aromatic heterocycles. The van der Waals surface area contributed by atoms with Crippen molar-refractivity contribution in [3.63, 3.8) is 0 Å². The first-order chi connectivity index (χ1) is 35.0. The lowest BCUT2D eigenvalue weighted by molar-refractivity contribution is -0.167. The minimum Gasteiger partial charge on any atom is -0.462 e. The molecule has 71 heavy (non-hydrogen) atoms. The number of rotatable bonds is 52. The van der Waals surface area contributed by atoms with Crippen LogP contribution in [0.25, 0.3) is 0 Å². The summed E-state index contributed by atoms with van der Waals surface area (Å²) in [4.78, 5) is 37.9. The van der Waals surface area contributed by atoms with Gasteiger partial charge in [-0.05, 0) is 109 Å². The molecule has 0 aromatic rings. The SMILES string of the molecule is CC/C=C\C/C=C\C/C=C\C/C=C\C/C=C\C/C=C\C/C=C\CCCCCCCCCCCC(=O)OCC(COC(=O)CCCCCCCC)OC(=O)CCCCCCC/C=C\C/C=C\CCCCCC. The van der Waals surface area contributed by atoms with Crippen molar-refractivity contribution < 1.29 is 28.6 Å². The van der Waals surface area contributed by atoms with Crippen molar-refractivity contribution in [1.82, 2.24) is 0 Å². The summed E-state index contributed by atoms with van der Waals surface area (Å²) < 4.78 is 16.7. The molecule has 0 bridgehead atoms. The number of esters is 3. The number of ether oxygens (including phenoxy) is 3. The summed E-state index contributed by atoms with van der Waals surface area (Å²) in [6, 6.07) is 0. The standard InChI is InChI=1S/C65H108O6/c1-4-7-10-13-16-18-20-22-24-26-27-28-29-30-31-32-33-34-35-36-37-38-39-40-42-43-45-47-49-52-55-58-64(67)70-61-62(60-69-63(66)57-54-51-15-12-9-6-3)71-65(68)59-56-53-50-48-46-44-41-25-23-21-19-17-14-11-8-5-2/h7,10,16,18-19,21-22,24-25,27-28,30-31,33-34,36-37,41,62H,4-6,8-9,11-15,17,20,23,26,29,32,35,38-40,42-61H2,1-3H3/b10-7-,18-16-,21-19-,24-22-,28-27-,31-30-,34-33-,37-36-,41-25-. The van der Waals surface area contributed by atoms with Crippen molar-refractivity contribution in [2.75, 3.05) is 13.2 Å². The van der Waals surface area contributed by atoms with E-state index in [2.05, 4.69) is 130 Å². The van der Waals surface area contributed by atoms with Crippen LogP contribution in [-0.2, 0) is 28.6 Å². The van der Waals surface area contributed by atoms with Gasteiger partial charge in [0.2, 0.25) is 0 Å². The summed E-state index contributed by atoms with van der Waals surface area (Å²) in [6.07, 6.45) is 79.7. The number of carbonyl (C=O) groups is 3. The average Bonchev–Trinajstić information content (AvgIpc) is 3.37. The lowest BCUT2D eigenvalue weighted by Gasteiger charge is -2.18. The van der Waals surface area contributed by atoms with E-state index in [1.165, 1.54) is 89.9 Å². The van der Waals surface area contributed by atoms with Crippen LogP contribution in [0, 0.1) is 0 Å². The molecular weight excluding hydrogens is 877 g/mol. The Hall–Kier alpha value is -3.93. The quantitative estimate of drug-likeness (QED) is 0.0261. The Labute approximate surface area is 438 Å². The zero-order valence-electron chi connectivity index (χ0n) is 46.2. The largest absolute Gasteiger partial charge is 0.462 e. The summed E-state index contributed by atoms with van der Waals surface area (Å²) in [5, 5.41) is 0. The molecule has 6 nitrogen and oxygen atoms in total. The molecule has 6 heteroatoms. The molecule has 0 N–H and O–H groups in total. The molecule has 0 amide bonds. The highest BCUT2D eigenvalue weighted by atomic mass is 16.6. The van der Waals surface area contributed by atoms with Gasteiger partial charge in [-0.1, -0.05) is 246 Å². The zero-order valence-corrected chi connectivity index (χ0v) is 46.2. The summed E-state index contributed by atoms with van der Waals surface area (Å²) in [6.45, 7) is 6.43. The van der Waals surface area contributed by atoms with Crippen LogP contribution in [0.3, 0.4) is 0 Å². The van der Waals surface area contributed by atoms with Gasteiger partial charge in [0.05, 0.1) is 0 Å². The van der Waals surface area contributed by atoms with E-state index in [9.17, 15) is 14.4 Å². The molecular formula is C65H108O6. The van der Waals surface area contributed by atoms with Crippen molar-refractivity contribution in [2.24, 2.45) is 0 Å². The second-order valence-electron chi connectivity index (χ2n) is 19.2. The second kappa shape index (κ2) is 58.6. The topological polar surface area (TPSA) is 78.9 Å². The van der Waals surface area contributed by atoms with Crippen LogP contribution >= 0.6 is 0 Å². The third kappa shape index (κ3) is 56.9. The molecule has 0 aromatic carbocycles. The molecule has 0 saturated carbocycles. The number of allylic oxidation sites excluding steroid dienone is 18. The van der Waals surface area contributed by atoms with Crippen molar-refractivity contribution in [3.05, 3.63) is 109 Å². The predicted octanol–water partition coefficient (Wildman–Crippen LogP) is 19.9. The molecule has 404 valence electrons. The van der Waals surface area contributed by atoms with Crippen LogP contribution < -0.4 is 0 Å². The second-order valence-corrected chi connectivity index (χ2v) is 19.2. The van der Waals surface area contributed by atoms with Crippen LogP contribution in [0.2, 0.25) is 0 Å². The Morgan fingerprint density at radius 1 is 0.296 bits per heavy atom. The first kappa shape index (κ1) is 67.1. The van der Waals surface area contributed by atoms with Gasteiger partial charge in [0, 0.05) is 19.3 Å². The molecule has 1 atom stereocenters. The van der Waals surface area contributed by atoms with Crippen LogP contribution in [-0.4, -0.2) is 37.2 Å². The maximum Gasteiger partial charge on any atom is 0.306 e. The van der Waals surface area contributed by atoms with Crippen LogP contribution in [0.5, 0.6) is 0 Å². The molecule has 1 unspecified atom stereocenters. The van der Waals surface area contributed by atoms with Gasteiger partial charge in [0.1, 0.15) is 13.2 Å². The van der Waals surface area contributed by atoms with Gasteiger partial charge in [-0.2, -0.15) is 0 Å². The maximum absolute atomic E-state index is 12.8. The maximum atomic E-state index is 12.8. The van der Waals surface area contributed by atoms with Gasteiger partial charge in [-0.25, -0.2) is 0 Å². The average molecular weight is 986 g/mol. The van der Waals surface area contributed by atoms with E-state index in [1.807, 2.05) is 0 Å². The van der Waals surface area contributed by atoms with Gasteiger partial charge >= 0.3 is 17.9 Å². The van der Waals surface area contributed by atoms with Gasteiger partial charge in [-0.15, -0.1) is 0 Å². The molecule has 0 saturated heterocycles. The van der Waals surface area contributed by atoms with E-state index in [0.717, 1.165) is 135 Å². The van der Waals surface area contributed by atoms with Crippen molar-refractivity contribution in [3.8, 4) is 0 Å². The van der Waals surface area contributed by atoms with Gasteiger partial charge < -0.3 is 14.2 Å². The minimum absolute atomic E-state index is 0.0856. The zero-order chi connectivity index (χ0) is 51.4. The third-order valence-electron chi connectivity index (χ3n) is 12.3. The Bertz CT molecular complexity index is 1460. The van der Waals surface area contributed by atoms with Crippen molar-refractivity contribution >= 4 is 17.9 Å². The van der Waals surface area contributed by atoms with Crippen LogP contribution in [0.1, 0.15) is 265 Å². The third-order valence-corrected chi connectivity index (χ3v) is 12.3. The van der Waals surface area contributed by atoms with E-state index in [1.54, 1.807) is 0 Å². The van der Waals surface area contributed by atoms with E-state index in [4.69, 9.17) is 14.2 Å². The van der Waals surface area contributed by atoms with Crippen molar-refractivity contribution in [2.45, 2.75) is 271 Å².